The fourth-order valence-corrected chi connectivity index (χ4v) is 2.77. The van der Waals surface area contributed by atoms with Crippen molar-refractivity contribution < 1.29 is 32.2 Å². The maximum absolute atomic E-state index is 12.6. The largest absolute Gasteiger partial charge is 0.416 e. The van der Waals surface area contributed by atoms with Gasteiger partial charge in [0.1, 0.15) is 18.8 Å². The summed E-state index contributed by atoms with van der Waals surface area (Å²) in [6.45, 7) is 5.51. The Morgan fingerprint density at radius 1 is 1.30 bits per heavy atom. The van der Waals surface area contributed by atoms with Crippen LogP contribution in [0.3, 0.4) is 0 Å². The molecule has 1 heterocycles. The van der Waals surface area contributed by atoms with Crippen LogP contribution in [-0.2, 0) is 31.8 Å². The quantitative estimate of drug-likeness (QED) is 0.781. The number of carbonyl (C=O) groups is 2. The number of rotatable bonds is 7. The van der Waals surface area contributed by atoms with E-state index < -0.39 is 35.9 Å². The van der Waals surface area contributed by atoms with Crippen LogP contribution in [0.25, 0.3) is 0 Å². The molecule has 1 aliphatic rings. The fourth-order valence-electron chi connectivity index (χ4n) is 2.77. The maximum Gasteiger partial charge on any atom is 0.416 e. The van der Waals surface area contributed by atoms with Crippen molar-refractivity contribution in [2.24, 2.45) is 5.92 Å². The molecular weight excluding hydrogens is 363 g/mol. The van der Waals surface area contributed by atoms with Crippen molar-refractivity contribution in [3.8, 4) is 0 Å². The number of hydrogen-bond donors (Lipinski definition) is 1. The predicted octanol–water partition coefficient (Wildman–Crippen LogP) is 3.11. The summed E-state index contributed by atoms with van der Waals surface area (Å²) in [6.07, 6.45) is -5.20. The fraction of sp³-hybridized carbons (Fsp3) is 0.579. The van der Waals surface area contributed by atoms with Gasteiger partial charge in [-0.05, 0) is 37.0 Å². The third kappa shape index (κ3) is 6.04. The summed E-state index contributed by atoms with van der Waals surface area (Å²) in [4.78, 5) is 24.3. The molecule has 0 aromatic heterocycles. The van der Waals surface area contributed by atoms with Crippen molar-refractivity contribution in [3.05, 3.63) is 35.4 Å². The Morgan fingerprint density at radius 2 is 1.93 bits per heavy atom. The predicted molar refractivity (Wildman–Crippen MR) is 91.8 cm³/mol. The molecular formula is C19H24F3NO4. The zero-order chi connectivity index (χ0) is 20.2. The minimum absolute atomic E-state index is 0.00634. The first-order valence-corrected chi connectivity index (χ1v) is 8.80. The van der Waals surface area contributed by atoms with Crippen LogP contribution in [0.2, 0.25) is 0 Å². The lowest BCUT2D eigenvalue weighted by atomic mass is 10.0. The van der Waals surface area contributed by atoms with E-state index in [0.29, 0.717) is 12.0 Å². The Kier molecular flexibility index (Phi) is 7.00. The summed E-state index contributed by atoms with van der Waals surface area (Å²) in [5.74, 6) is -0.463. The van der Waals surface area contributed by atoms with E-state index in [1.54, 1.807) is 6.92 Å². The highest BCUT2D eigenvalue weighted by atomic mass is 19.4. The molecule has 0 aliphatic carbocycles. The number of amides is 1. The second kappa shape index (κ2) is 8.84. The molecule has 3 atom stereocenters. The molecule has 5 nitrogen and oxygen atoms in total. The first kappa shape index (κ1) is 21.4. The number of carbonyl (C=O) groups excluding carboxylic acids is 2. The van der Waals surface area contributed by atoms with Crippen molar-refractivity contribution >= 4 is 11.7 Å². The van der Waals surface area contributed by atoms with Crippen LogP contribution in [0.1, 0.15) is 38.3 Å². The molecule has 27 heavy (non-hydrogen) atoms. The van der Waals surface area contributed by atoms with Gasteiger partial charge in [-0.2, -0.15) is 13.2 Å². The van der Waals surface area contributed by atoms with Crippen LogP contribution in [0.15, 0.2) is 24.3 Å². The van der Waals surface area contributed by atoms with E-state index >= 15 is 0 Å². The second-order valence-electron chi connectivity index (χ2n) is 7.09. The Morgan fingerprint density at radius 3 is 2.41 bits per heavy atom. The van der Waals surface area contributed by atoms with Gasteiger partial charge in [0.2, 0.25) is 5.91 Å². The Bertz CT molecular complexity index is 658. The van der Waals surface area contributed by atoms with Crippen LogP contribution in [-0.4, -0.2) is 36.5 Å². The van der Waals surface area contributed by atoms with Crippen molar-refractivity contribution in [1.29, 1.82) is 0 Å². The summed E-state index contributed by atoms with van der Waals surface area (Å²) in [5, 5.41) is 2.66. The third-order valence-corrected chi connectivity index (χ3v) is 4.31. The van der Waals surface area contributed by atoms with E-state index in [1.807, 2.05) is 13.8 Å². The SMILES string of the molecule is CC(C)C[C@H](OCc1ccc(C(F)(F)F)cc1)C(=O)N[C@@H]1C(=O)CO[C@@H]1C. The smallest absolute Gasteiger partial charge is 0.368 e. The lowest BCUT2D eigenvalue weighted by molar-refractivity contribution is -0.137. The molecule has 2 rings (SSSR count). The highest BCUT2D eigenvalue weighted by Crippen LogP contribution is 2.29. The van der Waals surface area contributed by atoms with E-state index in [9.17, 15) is 22.8 Å². The normalized spacial score (nSPS) is 21.5. The number of hydrogen-bond acceptors (Lipinski definition) is 4. The van der Waals surface area contributed by atoms with E-state index in [2.05, 4.69) is 5.32 Å². The van der Waals surface area contributed by atoms with Gasteiger partial charge >= 0.3 is 6.18 Å². The Hall–Kier alpha value is -1.93. The molecule has 1 aliphatic heterocycles. The zero-order valence-electron chi connectivity index (χ0n) is 15.5. The van der Waals surface area contributed by atoms with Crippen molar-refractivity contribution in [3.63, 3.8) is 0 Å². The van der Waals surface area contributed by atoms with Crippen molar-refractivity contribution in [2.45, 2.75) is 58.2 Å². The topological polar surface area (TPSA) is 64.6 Å². The zero-order valence-corrected chi connectivity index (χ0v) is 15.5. The number of alkyl halides is 3. The molecule has 1 fully saturated rings. The number of ketones is 1. The first-order valence-electron chi connectivity index (χ1n) is 8.80. The second-order valence-corrected chi connectivity index (χ2v) is 7.09. The van der Waals surface area contributed by atoms with Gasteiger partial charge in [0.05, 0.1) is 18.3 Å². The van der Waals surface area contributed by atoms with Crippen LogP contribution in [0.5, 0.6) is 0 Å². The van der Waals surface area contributed by atoms with E-state index in [1.165, 1.54) is 12.1 Å². The minimum atomic E-state index is -4.40. The minimum Gasteiger partial charge on any atom is -0.368 e. The van der Waals surface area contributed by atoms with Gasteiger partial charge in [-0.25, -0.2) is 0 Å². The van der Waals surface area contributed by atoms with Crippen molar-refractivity contribution in [2.75, 3.05) is 6.61 Å². The molecule has 1 N–H and O–H groups in total. The highest BCUT2D eigenvalue weighted by molar-refractivity contribution is 5.92. The lowest BCUT2D eigenvalue weighted by Gasteiger charge is -2.22. The number of Topliss-reactive ketones (excluding diaryl/α,β-unsaturated/α-hetero) is 1. The van der Waals surface area contributed by atoms with Crippen LogP contribution in [0, 0.1) is 5.92 Å². The summed E-state index contributed by atoms with van der Waals surface area (Å²) in [7, 11) is 0. The van der Waals surface area contributed by atoms with Gasteiger partial charge in [0.15, 0.2) is 5.78 Å². The monoisotopic (exact) mass is 387 g/mol. The number of halogens is 3. The molecule has 0 bridgehead atoms. The third-order valence-electron chi connectivity index (χ3n) is 4.31. The molecule has 1 amide bonds. The summed E-state index contributed by atoms with van der Waals surface area (Å²) in [5.41, 5.74) is -0.213. The molecule has 150 valence electrons. The average molecular weight is 387 g/mol. The van der Waals surface area contributed by atoms with Crippen molar-refractivity contribution in [1.82, 2.24) is 5.32 Å². The molecule has 1 aromatic carbocycles. The average Bonchev–Trinajstić information content (AvgIpc) is 2.89. The van der Waals surface area contributed by atoms with Gasteiger partial charge in [-0.1, -0.05) is 26.0 Å². The van der Waals surface area contributed by atoms with Gasteiger partial charge in [0.25, 0.3) is 0 Å². The number of benzene rings is 1. The molecule has 0 radical (unpaired) electrons. The molecule has 1 aromatic rings. The van der Waals surface area contributed by atoms with E-state index in [4.69, 9.17) is 9.47 Å². The van der Waals surface area contributed by atoms with Gasteiger partial charge in [-0.15, -0.1) is 0 Å². The number of ether oxygens (including phenoxy) is 2. The summed E-state index contributed by atoms with van der Waals surface area (Å²) in [6, 6.07) is 3.90. The van der Waals surface area contributed by atoms with E-state index in [0.717, 1.165) is 12.1 Å². The first-order chi connectivity index (χ1) is 12.6. The van der Waals surface area contributed by atoms with Gasteiger partial charge in [0, 0.05) is 0 Å². The maximum atomic E-state index is 12.6. The summed E-state index contributed by atoms with van der Waals surface area (Å²) < 4.78 is 48.7. The summed E-state index contributed by atoms with van der Waals surface area (Å²) >= 11 is 0. The Labute approximate surface area is 156 Å². The molecule has 0 spiro atoms. The van der Waals surface area contributed by atoms with Gasteiger partial charge < -0.3 is 14.8 Å². The van der Waals surface area contributed by atoms with Crippen LogP contribution < -0.4 is 5.32 Å². The van der Waals surface area contributed by atoms with Crippen LogP contribution >= 0.6 is 0 Å². The lowest BCUT2D eigenvalue weighted by Crippen LogP contribution is -2.48. The van der Waals surface area contributed by atoms with E-state index in [-0.39, 0.29) is 24.9 Å². The Balaban J connectivity index is 1.99. The molecule has 1 saturated heterocycles. The standard InChI is InChI=1S/C19H24F3NO4/c1-11(2)8-16(18(25)23-17-12(3)26-10-15(17)24)27-9-13-4-6-14(7-5-13)19(20,21)22/h4-7,11-12,16-17H,8-10H2,1-3H3,(H,23,25)/t12-,16+,17+/m1/s1. The molecule has 8 heteroatoms. The van der Waals surface area contributed by atoms with Gasteiger partial charge in [-0.3, -0.25) is 9.59 Å². The highest BCUT2D eigenvalue weighted by Gasteiger charge is 2.35. The molecule has 0 saturated carbocycles. The van der Waals surface area contributed by atoms with Crippen LogP contribution in [0.4, 0.5) is 13.2 Å². The molecule has 0 unspecified atom stereocenters. The number of nitrogens with one attached hydrogen (secondary N) is 1.